The summed E-state index contributed by atoms with van der Waals surface area (Å²) in [6.07, 6.45) is 1.18. The van der Waals surface area contributed by atoms with E-state index in [1.807, 2.05) is 0 Å². The van der Waals surface area contributed by atoms with Gasteiger partial charge in [0.05, 0.1) is 6.42 Å². The number of carbonyl (C=O) groups is 1. The summed E-state index contributed by atoms with van der Waals surface area (Å²) in [6, 6.07) is 3.19. The van der Waals surface area contributed by atoms with Crippen LogP contribution >= 0.6 is 11.6 Å². The lowest BCUT2D eigenvalue weighted by Gasteiger charge is -1.99. The predicted octanol–water partition coefficient (Wildman–Crippen LogP) is 2.11. The number of nitrogens with zero attached hydrogens (tertiary/aromatic N) is 1. The summed E-state index contributed by atoms with van der Waals surface area (Å²) < 4.78 is 5.03. The molecule has 0 bridgehead atoms. The first-order valence-electron chi connectivity index (χ1n) is 3.90. The average Bonchev–Trinajstić information content (AvgIpc) is 2.51. The highest BCUT2D eigenvalue weighted by atomic mass is 35.5. The van der Waals surface area contributed by atoms with E-state index in [0.29, 0.717) is 21.7 Å². The van der Waals surface area contributed by atoms with Gasteiger partial charge in [-0.1, -0.05) is 11.6 Å². The fourth-order valence-electron chi connectivity index (χ4n) is 1.22. The minimum absolute atomic E-state index is 0.116. The highest BCUT2D eigenvalue weighted by molar-refractivity contribution is 6.32. The molecule has 0 saturated heterocycles. The number of hydrogen-bond donors (Lipinski definition) is 1. The fraction of sp³-hybridized carbons (Fsp3) is 0.111. The monoisotopic (exact) mass is 211 g/mol. The van der Waals surface area contributed by atoms with Gasteiger partial charge in [0.2, 0.25) is 0 Å². The number of rotatable bonds is 2. The highest BCUT2D eigenvalue weighted by Gasteiger charge is 2.09. The van der Waals surface area contributed by atoms with E-state index in [9.17, 15) is 4.79 Å². The Morgan fingerprint density at radius 1 is 1.57 bits per heavy atom. The molecule has 2 rings (SSSR count). The van der Waals surface area contributed by atoms with Crippen molar-refractivity contribution in [1.29, 1.82) is 0 Å². The van der Waals surface area contributed by atoms with Gasteiger partial charge >= 0.3 is 5.97 Å². The van der Waals surface area contributed by atoms with Crippen molar-refractivity contribution in [3.63, 3.8) is 0 Å². The third-order valence-corrected chi connectivity index (χ3v) is 2.19. The van der Waals surface area contributed by atoms with Crippen LogP contribution in [0.25, 0.3) is 11.1 Å². The van der Waals surface area contributed by atoms with Crippen LogP contribution in [0.4, 0.5) is 0 Å². The maximum absolute atomic E-state index is 10.5. The number of carboxylic acid groups (broad SMARTS) is 1. The topological polar surface area (TPSA) is 63.3 Å². The van der Waals surface area contributed by atoms with Gasteiger partial charge in [-0.3, -0.25) is 4.79 Å². The number of carboxylic acids is 1. The second-order valence-corrected chi connectivity index (χ2v) is 3.24. The molecule has 0 aliphatic heterocycles. The van der Waals surface area contributed by atoms with Crippen LogP contribution in [0, 0.1) is 0 Å². The Kier molecular flexibility index (Phi) is 2.13. The number of benzene rings is 1. The van der Waals surface area contributed by atoms with Crippen LogP contribution in [-0.2, 0) is 11.2 Å². The average molecular weight is 212 g/mol. The summed E-state index contributed by atoms with van der Waals surface area (Å²) in [5.41, 5.74) is 1.71. The van der Waals surface area contributed by atoms with Crippen molar-refractivity contribution in [2.75, 3.05) is 0 Å². The lowest BCUT2D eigenvalue weighted by atomic mass is 10.1. The Labute approximate surface area is 84.1 Å². The van der Waals surface area contributed by atoms with E-state index in [0.717, 1.165) is 0 Å². The van der Waals surface area contributed by atoms with Crippen molar-refractivity contribution < 1.29 is 14.3 Å². The molecule has 0 atom stereocenters. The first-order valence-corrected chi connectivity index (χ1v) is 4.28. The molecule has 0 unspecified atom stereocenters. The second kappa shape index (κ2) is 3.31. The number of fused-ring (bicyclic) bond motifs is 1. The minimum Gasteiger partial charge on any atom is -0.481 e. The zero-order valence-electron chi connectivity index (χ0n) is 7.03. The Bertz CT molecular complexity index is 492. The van der Waals surface area contributed by atoms with Gasteiger partial charge in [-0.25, -0.2) is 4.98 Å². The molecular weight excluding hydrogens is 206 g/mol. The van der Waals surface area contributed by atoms with Crippen LogP contribution in [-0.4, -0.2) is 16.1 Å². The maximum atomic E-state index is 10.5. The Balaban J connectivity index is 2.53. The van der Waals surface area contributed by atoms with Crippen molar-refractivity contribution >= 4 is 28.7 Å². The van der Waals surface area contributed by atoms with Crippen molar-refractivity contribution in [3.8, 4) is 0 Å². The first-order chi connectivity index (χ1) is 6.66. The smallest absolute Gasteiger partial charge is 0.307 e. The standard InChI is InChI=1S/C9H6ClNO3/c10-6-3-7-8(14-4-11-7)1-5(6)2-9(12)13/h1,3-4H,2H2,(H,12,13). The summed E-state index contributed by atoms with van der Waals surface area (Å²) in [5.74, 6) is -0.925. The molecule has 0 amide bonds. The van der Waals surface area contributed by atoms with Crippen molar-refractivity contribution in [3.05, 3.63) is 29.1 Å². The van der Waals surface area contributed by atoms with Crippen LogP contribution in [0.15, 0.2) is 22.9 Å². The lowest BCUT2D eigenvalue weighted by Crippen LogP contribution is -2.00. The maximum Gasteiger partial charge on any atom is 0.307 e. The molecule has 0 spiro atoms. The van der Waals surface area contributed by atoms with Crippen molar-refractivity contribution in [2.45, 2.75) is 6.42 Å². The van der Waals surface area contributed by atoms with E-state index in [2.05, 4.69) is 4.98 Å². The van der Waals surface area contributed by atoms with Crippen LogP contribution in [0.3, 0.4) is 0 Å². The SMILES string of the molecule is O=C(O)Cc1cc2ocnc2cc1Cl. The van der Waals surface area contributed by atoms with Crippen LogP contribution < -0.4 is 0 Å². The predicted molar refractivity (Wildman–Crippen MR) is 50.4 cm³/mol. The Morgan fingerprint density at radius 2 is 2.36 bits per heavy atom. The highest BCUT2D eigenvalue weighted by Crippen LogP contribution is 2.23. The van der Waals surface area contributed by atoms with Gasteiger partial charge in [0.15, 0.2) is 12.0 Å². The number of halogens is 1. The van der Waals surface area contributed by atoms with E-state index >= 15 is 0 Å². The van der Waals surface area contributed by atoms with Gasteiger partial charge in [0.1, 0.15) is 5.52 Å². The fourth-order valence-corrected chi connectivity index (χ4v) is 1.44. The molecule has 0 saturated carbocycles. The van der Waals surface area contributed by atoms with Crippen LogP contribution in [0.5, 0.6) is 0 Å². The zero-order chi connectivity index (χ0) is 10.1. The van der Waals surface area contributed by atoms with Gasteiger partial charge in [0, 0.05) is 5.02 Å². The molecule has 0 radical (unpaired) electrons. The number of hydrogen-bond acceptors (Lipinski definition) is 3. The zero-order valence-corrected chi connectivity index (χ0v) is 7.78. The van der Waals surface area contributed by atoms with E-state index < -0.39 is 5.97 Å². The Hall–Kier alpha value is -1.55. The van der Waals surface area contributed by atoms with Gasteiger partial charge in [-0.15, -0.1) is 0 Å². The molecule has 72 valence electrons. The first kappa shape index (κ1) is 9.02. The largest absolute Gasteiger partial charge is 0.481 e. The van der Waals surface area contributed by atoms with E-state index in [-0.39, 0.29) is 6.42 Å². The molecule has 1 heterocycles. The molecular formula is C9H6ClNO3. The second-order valence-electron chi connectivity index (χ2n) is 2.83. The molecule has 1 N–H and O–H groups in total. The number of oxazole rings is 1. The number of aromatic nitrogens is 1. The molecule has 4 nitrogen and oxygen atoms in total. The third-order valence-electron chi connectivity index (χ3n) is 1.84. The summed E-state index contributed by atoms with van der Waals surface area (Å²) >= 11 is 5.86. The van der Waals surface area contributed by atoms with E-state index in [1.165, 1.54) is 6.39 Å². The molecule has 1 aromatic carbocycles. The van der Waals surface area contributed by atoms with E-state index in [4.69, 9.17) is 21.1 Å². The molecule has 0 fully saturated rings. The van der Waals surface area contributed by atoms with Crippen LogP contribution in [0.1, 0.15) is 5.56 Å². The van der Waals surface area contributed by atoms with Gasteiger partial charge in [-0.05, 0) is 17.7 Å². The van der Waals surface area contributed by atoms with Gasteiger partial charge in [0.25, 0.3) is 0 Å². The molecule has 14 heavy (non-hydrogen) atoms. The Morgan fingerprint density at radius 3 is 3.07 bits per heavy atom. The van der Waals surface area contributed by atoms with Crippen LogP contribution in [0.2, 0.25) is 5.02 Å². The van der Waals surface area contributed by atoms with Crippen molar-refractivity contribution in [1.82, 2.24) is 4.98 Å². The lowest BCUT2D eigenvalue weighted by molar-refractivity contribution is -0.136. The number of aliphatic carboxylic acids is 1. The summed E-state index contributed by atoms with van der Waals surface area (Å²) in [4.78, 5) is 14.4. The van der Waals surface area contributed by atoms with Crippen molar-refractivity contribution in [2.24, 2.45) is 0 Å². The summed E-state index contributed by atoms with van der Waals surface area (Å²) in [7, 11) is 0. The molecule has 2 aromatic rings. The summed E-state index contributed by atoms with van der Waals surface area (Å²) in [5, 5.41) is 9.01. The normalized spacial score (nSPS) is 10.6. The van der Waals surface area contributed by atoms with Gasteiger partial charge < -0.3 is 9.52 Å². The minimum atomic E-state index is -0.925. The molecule has 5 heteroatoms. The summed E-state index contributed by atoms with van der Waals surface area (Å²) in [6.45, 7) is 0. The molecule has 1 aromatic heterocycles. The quantitative estimate of drug-likeness (QED) is 0.826. The van der Waals surface area contributed by atoms with E-state index in [1.54, 1.807) is 12.1 Å². The van der Waals surface area contributed by atoms with Gasteiger partial charge in [-0.2, -0.15) is 0 Å². The third kappa shape index (κ3) is 1.56. The molecule has 0 aliphatic rings. The molecule has 0 aliphatic carbocycles.